The maximum absolute atomic E-state index is 10.8. The standard InChI is InChI=1S/C14H25NO2/c16-13(12-4-3-5-12)14(6-1-2-7-14)15-8-10-17-11-9-15/h12-13,16H,1-11H2. The molecule has 0 bridgehead atoms. The molecule has 3 nitrogen and oxygen atoms in total. The Kier molecular flexibility index (Phi) is 3.42. The fourth-order valence-electron chi connectivity index (χ4n) is 3.99. The summed E-state index contributed by atoms with van der Waals surface area (Å²) in [6.07, 6.45) is 8.70. The van der Waals surface area contributed by atoms with Crippen molar-refractivity contribution in [2.75, 3.05) is 26.3 Å². The number of rotatable bonds is 3. The number of aliphatic hydroxyl groups excluding tert-OH is 1. The molecule has 0 spiro atoms. The highest BCUT2D eigenvalue weighted by Gasteiger charge is 2.49. The Morgan fingerprint density at radius 1 is 1.06 bits per heavy atom. The van der Waals surface area contributed by atoms with Crippen molar-refractivity contribution in [3.8, 4) is 0 Å². The first-order chi connectivity index (χ1) is 8.33. The average Bonchev–Trinajstić information content (AvgIpc) is 2.78. The van der Waals surface area contributed by atoms with Crippen molar-refractivity contribution in [3.05, 3.63) is 0 Å². The molecule has 0 amide bonds. The molecule has 0 aromatic heterocycles. The maximum Gasteiger partial charge on any atom is 0.0751 e. The van der Waals surface area contributed by atoms with E-state index in [1.807, 2.05) is 0 Å². The van der Waals surface area contributed by atoms with Gasteiger partial charge in [0.2, 0.25) is 0 Å². The number of hydrogen-bond acceptors (Lipinski definition) is 3. The van der Waals surface area contributed by atoms with Gasteiger partial charge in [-0.2, -0.15) is 0 Å². The van der Waals surface area contributed by atoms with E-state index >= 15 is 0 Å². The molecule has 3 heteroatoms. The van der Waals surface area contributed by atoms with Crippen molar-refractivity contribution < 1.29 is 9.84 Å². The predicted molar refractivity (Wildman–Crippen MR) is 66.9 cm³/mol. The molecule has 3 rings (SSSR count). The predicted octanol–water partition coefficient (Wildman–Crippen LogP) is 1.79. The molecule has 1 unspecified atom stereocenters. The van der Waals surface area contributed by atoms with Crippen LogP contribution in [0.2, 0.25) is 0 Å². The summed E-state index contributed by atoms with van der Waals surface area (Å²) in [4.78, 5) is 2.55. The summed E-state index contributed by atoms with van der Waals surface area (Å²) < 4.78 is 5.46. The monoisotopic (exact) mass is 239 g/mol. The van der Waals surface area contributed by atoms with Gasteiger partial charge in [0.25, 0.3) is 0 Å². The summed E-state index contributed by atoms with van der Waals surface area (Å²) in [5.74, 6) is 0.580. The highest BCUT2D eigenvalue weighted by Crippen LogP contribution is 2.45. The van der Waals surface area contributed by atoms with Gasteiger partial charge in [-0.1, -0.05) is 19.3 Å². The molecule has 1 saturated heterocycles. The van der Waals surface area contributed by atoms with Crippen LogP contribution in [0.25, 0.3) is 0 Å². The topological polar surface area (TPSA) is 32.7 Å². The lowest BCUT2D eigenvalue weighted by Gasteiger charge is -2.50. The maximum atomic E-state index is 10.8. The Balaban J connectivity index is 1.75. The third-order valence-electron chi connectivity index (χ3n) is 5.26. The van der Waals surface area contributed by atoms with Gasteiger partial charge >= 0.3 is 0 Å². The summed E-state index contributed by atoms with van der Waals surface area (Å²) in [6.45, 7) is 3.73. The van der Waals surface area contributed by atoms with Gasteiger partial charge in [0.05, 0.1) is 19.3 Å². The van der Waals surface area contributed by atoms with Crippen LogP contribution in [0.15, 0.2) is 0 Å². The van der Waals surface area contributed by atoms with Gasteiger partial charge in [-0.25, -0.2) is 0 Å². The molecule has 1 N–H and O–H groups in total. The minimum Gasteiger partial charge on any atom is -0.391 e. The number of hydrogen-bond donors (Lipinski definition) is 1. The second-order valence-corrected chi connectivity index (χ2v) is 6.05. The van der Waals surface area contributed by atoms with Gasteiger partial charge in [0, 0.05) is 18.6 Å². The van der Waals surface area contributed by atoms with Crippen molar-refractivity contribution in [1.29, 1.82) is 0 Å². The second kappa shape index (κ2) is 4.87. The Labute approximate surface area is 104 Å². The molecule has 3 fully saturated rings. The van der Waals surface area contributed by atoms with Gasteiger partial charge in [0.15, 0.2) is 0 Å². The Morgan fingerprint density at radius 2 is 1.71 bits per heavy atom. The van der Waals surface area contributed by atoms with Gasteiger partial charge in [-0.05, 0) is 31.6 Å². The molecule has 1 atom stereocenters. The second-order valence-electron chi connectivity index (χ2n) is 6.05. The normalized spacial score (nSPS) is 32.3. The van der Waals surface area contributed by atoms with Crippen molar-refractivity contribution in [2.24, 2.45) is 5.92 Å². The van der Waals surface area contributed by atoms with Crippen LogP contribution in [-0.2, 0) is 4.74 Å². The zero-order valence-electron chi connectivity index (χ0n) is 10.7. The number of nitrogens with zero attached hydrogens (tertiary/aromatic N) is 1. The van der Waals surface area contributed by atoms with Crippen molar-refractivity contribution >= 4 is 0 Å². The first-order valence-corrected chi connectivity index (χ1v) is 7.34. The first kappa shape index (κ1) is 11.9. The molecule has 3 aliphatic rings. The largest absolute Gasteiger partial charge is 0.391 e. The number of ether oxygens (including phenoxy) is 1. The number of morpholine rings is 1. The van der Waals surface area contributed by atoms with Crippen LogP contribution in [0.5, 0.6) is 0 Å². The van der Waals surface area contributed by atoms with E-state index in [2.05, 4.69) is 4.90 Å². The van der Waals surface area contributed by atoms with Crippen LogP contribution in [0, 0.1) is 5.92 Å². The van der Waals surface area contributed by atoms with E-state index < -0.39 is 0 Å². The van der Waals surface area contributed by atoms with Crippen LogP contribution in [0.1, 0.15) is 44.9 Å². The van der Waals surface area contributed by atoms with Gasteiger partial charge in [-0.15, -0.1) is 0 Å². The van der Waals surface area contributed by atoms with E-state index in [1.165, 1.54) is 44.9 Å². The quantitative estimate of drug-likeness (QED) is 0.815. The van der Waals surface area contributed by atoms with E-state index in [9.17, 15) is 5.11 Å². The highest BCUT2D eigenvalue weighted by molar-refractivity contribution is 5.04. The minimum absolute atomic E-state index is 0.0863. The van der Waals surface area contributed by atoms with Crippen molar-refractivity contribution in [2.45, 2.75) is 56.6 Å². The van der Waals surface area contributed by atoms with E-state index in [0.717, 1.165) is 26.3 Å². The molecule has 2 aliphatic carbocycles. The van der Waals surface area contributed by atoms with E-state index in [0.29, 0.717) is 5.92 Å². The summed E-state index contributed by atoms with van der Waals surface area (Å²) in [5.41, 5.74) is 0.106. The molecular formula is C14H25NO2. The lowest BCUT2D eigenvalue weighted by atomic mass is 9.72. The zero-order chi connectivity index (χ0) is 11.7. The average molecular weight is 239 g/mol. The lowest BCUT2D eigenvalue weighted by molar-refractivity contribution is -0.105. The molecule has 17 heavy (non-hydrogen) atoms. The van der Waals surface area contributed by atoms with Gasteiger partial charge in [-0.3, -0.25) is 4.90 Å². The molecule has 98 valence electrons. The molecule has 0 aromatic carbocycles. The lowest BCUT2D eigenvalue weighted by Crippen LogP contribution is -2.61. The van der Waals surface area contributed by atoms with Crippen LogP contribution >= 0.6 is 0 Å². The van der Waals surface area contributed by atoms with Gasteiger partial charge in [0.1, 0.15) is 0 Å². The fraction of sp³-hybridized carbons (Fsp3) is 1.00. The van der Waals surface area contributed by atoms with Crippen molar-refractivity contribution in [1.82, 2.24) is 4.90 Å². The van der Waals surface area contributed by atoms with Gasteiger partial charge < -0.3 is 9.84 Å². The summed E-state index contributed by atoms with van der Waals surface area (Å²) >= 11 is 0. The summed E-state index contributed by atoms with van der Waals surface area (Å²) in [7, 11) is 0. The molecule has 0 radical (unpaired) electrons. The molecular weight excluding hydrogens is 214 g/mol. The van der Waals surface area contributed by atoms with Crippen LogP contribution < -0.4 is 0 Å². The van der Waals surface area contributed by atoms with E-state index in [-0.39, 0.29) is 11.6 Å². The Bertz CT molecular complexity index is 249. The van der Waals surface area contributed by atoms with Crippen molar-refractivity contribution in [3.63, 3.8) is 0 Å². The molecule has 1 aliphatic heterocycles. The van der Waals surface area contributed by atoms with Crippen LogP contribution in [0.3, 0.4) is 0 Å². The summed E-state index contributed by atoms with van der Waals surface area (Å²) in [6, 6.07) is 0. The Hall–Kier alpha value is -0.120. The third-order valence-corrected chi connectivity index (χ3v) is 5.26. The van der Waals surface area contributed by atoms with E-state index in [1.54, 1.807) is 0 Å². The third kappa shape index (κ3) is 2.02. The molecule has 0 aromatic rings. The Morgan fingerprint density at radius 3 is 2.24 bits per heavy atom. The van der Waals surface area contributed by atoms with Crippen LogP contribution in [-0.4, -0.2) is 48.0 Å². The highest BCUT2D eigenvalue weighted by atomic mass is 16.5. The SMILES string of the molecule is OC(C1CCC1)C1(N2CCOCC2)CCCC1. The zero-order valence-corrected chi connectivity index (χ0v) is 10.7. The first-order valence-electron chi connectivity index (χ1n) is 7.34. The molecule has 2 saturated carbocycles. The summed E-state index contributed by atoms with van der Waals surface area (Å²) in [5, 5.41) is 10.8. The smallest absolute Gasteiger partial charge is 0.0751 e. The minimum atomic E-state index is -0.0863. The molecule has 1 heterocycles. The fourth-order valence-corrected chi connectivity index (χ4v) is 3.99. The van der Waals surface area contributed by atoms with Crippen LogP contribution in [0.4, 0.5) is 0 Å². The number of aliphatic hydroxyl groups is 1. The van der Waals surface area contributed by atoms with E-state index in [4.69, 9.17) is 4.74 Å².